The van der Waals surface area contributed by atoms with Crippen LogP contribution in [0.4, 0.5) is 17.5 Å². The van der Waals surface area contributed by atoms with E-state index in [0.29, 0.717) is 34.7 Å². The maximum absolute atomic E-state index is 9.45. The first kappa shape index (κ1) is 16.0. The van der Waals surface area contributed by atoms with Crippen molar-refractivity contribution in [3.05, 3.63) is 53.7 Å². The number of nitrogens with zero attached hydrogens (tertiary/aromatic N) is 3. The highest BCUT2D eigenvalue weighted by molar-refractivity contribution is 6.33. The number of nitrogens with one attached hydrogen (secondary N) is 2. The van der Waals surface area contributed by atoms with Gasteiger partial charge in [0.1, 0.15) is 11.6 Å². The number of hydrogen-bond donors (Lipinski definition) is 3. The monoisotopic (exact) mass is 341 g/mol. The van der Waals surface area contributed by atoms with Gasteiger partial charge in [-0.25, -0.2) is 4.98 Å². The van der Waals surface area contributed by atoms with E-state index >= 15 is 0 Å². The lowest BCUT2D eigenvalue weighted by Crippen LogP contribution is -2.05. The van der Waals surface area contributed by atoms with Gasteiger partial charge in [-0.2, -0.15) is 4.98 Å². The average Bonchev–Trinajstić information content (AvgIpc) is 2.58. The Morgan fingerprint density at radius 2 is 1.96 bits per heavy atom. The number of rotatable bonds is 5. The number of aromatic hydroxyl groups is 1. The minimum Gasteiger partial charge on any atom is -0.508 e. The zero-order valence-electron chi connectivity index (χ0n) is 13.0. The fourth-order valence-electron chi connectivity index (χ4n) is 2.14. The van der Waals surface area contributed by atoms with Crippen LogP contribution in [0.2, 0.25) is 5.02 Å². The first-order valence-corrected chi connectivity index (χ1v) is 7.83. The molecule has 1 aromatic carbocycles. The first-order chi connectivity index (χ1) is 11.7. The second kappa shape index (κ2) is 7.14. The van der Waals surface area contributed by atoms with E-state index in [-0.39, 0.29) is 5.75 Å². The molecule has 0 saturated carbocycles. The molecule has 0 unspecified atom stereocenters. The highest BCUT2D eigenvalue weighted by Crippen LogP contribution is 2.29. The highest BCUT2D eigenvalue weighted by Gasteiger charge is 2.09. The van der Waals surface area contributed by atoms with E-state index in [1.807, 2.05) is 25.1 Å². The largest absolute Gasteiger partial charge is 0.508 e. The van der Waals surface area contributed by atoms with E-state index in [2.05, 4.69) is 25.6 Å². The third-order valence-corrected chi connectivity index (χ3v) is 3.52. The molecule has 3 N–H and O–H groups in total. The Hall–Kier alpha value is -2.86. The zero-order valence-corrected chi connectivity index (χ0v) is 13.7. The number of phenolic OH excluding ortho intramolecular Hbond substituents is 1. The quantitative estimate of drug-likeness (QED) is 0.607. The molecule has 0 atom stereocenters. The molecule has 0 saturated heterocycles. The van der Waals surface area contributed by atoms with Crippen molar-refractivity contribution in [2.75, 3.05) is 17.2 Å². The fraction of sp³-hybridized carbons (Fsp3) is 0.118. The molecular weight excluding hydrogens is 326 g/mol. The molecule has 0 radical (unpaired) electrons. The van der Waals surface area contributed by atoms with Gasteiger partial charge in [0.05, 0.1) is 22.1 Å². The Balaban J connectivity index is 1.99. The highest BCUT2D eigenvalue weighted by atomic mass is 35.5. The molecule has 24 heavy (non-hydrogen) atoms. The van der Waals surface area contributed by atoms with Gasteiger partial charge in [-0.1, -0.05) is 17.7 Å². The van der Waals surface area contributed by atoms with Crippen LogP contribution in [0.3, 0.4) is 0 Å². The van der Waals surface area contributed by atoms with Crippen molar-refractivity contribution in [2.24, 2.45) is 0 Å². The summed E-state index contributed by atoms with van der Waals surface area (Å²) in [4.78, 5) is 13.2. The van der Waals surface area contributed by atoms with Crippen LogP contribution in [0.15, 0.2) is 48.7 Å². The van der Waals surface area contributed by atoms with Gasteiger partial charge in [0.25, 0.3) is 0 Å². The summed E-state index contributed by atoms with van der Waals surface area (Å²) >= 11 is 6.14. The maximum Gasteiger partial charge on any atom is 0.225 e. The van der Waals surface area contributed by atoms with Crippen molar-refractivity contribution in [3.63, 3.8) is 0 Å². The molecule has 122 valence electrons. The number of phenols is 1. The van der Waals surface area contributed by atoms with E-state index < -0.39 is 0 Å². The molecular formula is C17H16ClN5O. The molecule has 0 aliphatic rings. The van der Waals surface area contributed by atoms with E-state index in [0.717, 1.165) is 5.69 Å². The van der Waals surface area contributed by atoms with Gasteiger partial charge >= 0.3 is 0 Å². The summed E-state index contributed by atoms with van der Waals surface area (Å²) in [5.74, 6) is 1.18. The topological polar surface area (TPSA) is 83.0 Å². The summed E-state index contributed by atoms with van der Waals surface area (Å²) in [6.45, 7) is 2.67. The second-order valence-corrected chi connectivity index (χ2v) is 5.40. The smallest absolute Gasteiger partial charge is 0.225 e. The van der Waals surface area contributed by atoms with E-state index in [9.17, 15) is 5.11 Å². The zero-order chi connectivity index (χ0) is 16.9. The molecule has 3 aromatic rings. The van der Waals surface area contributed by atoms with Crippen LogP contribution in [0.1, 0.15) is 6.92 Å². The SMILES string of the molecule is CCNc1nc(Nc2ccc(O)cc2Cl)cc(-c2ccccn2)n1. The molecule has 0 fully saturated rings. The summed E-state index contributed by atoms with van der Waals surface area (Å²) in [5, 5.41) is 16.1. The number of pyridine rings is 1. The lowest BCUT2D eigenvalue weighted by molar-refractivity contribution is 0.475. The number of aromatic nitrogens is 3. The Kier molecular flexibility index (Phi) is 4.77. The molecule has 0 aliphatic carbocycles. The first-order valence-electron chi connectivity index (χ1n) is 7.45. The summed E-state index contributed by atoms with van der Waals surface area (Å²) < 4.78 is 0. The van der Waals surface area contributed by atoms with E-state index in [4.69, 9.17) is 11.6 Å². The number of anilines is 3. The Bertz CT molecular complexity index is 842. The van der Waals surface area contributed by atoms with Gasteiger partial charge < -0.3 is 15.7 Å². The molecule has 2 aromatic heterocycles. The lowest BCUT2D eigenvalue weighted by Gasteiger charge is -2.11. The standard InChI is InChI=1S/C17H16ClN5O/c1-2-19-17-22-15(14-5-3-4-8-20-14)10-16(23-17)21-13-7-6-11(24)9-12(13)18/h3-10,24H,2H2,1H3,(H2,19,21,22,23). The summed E-state index contributed by atoms with van der Waals surface area (Å²) in [5.41, 5.74) is 2.08. The summed E-state index contributed by atoms with van der Waals surface area (Å²) in [6, 6.07) is 12.2. The third-order valence-electron chi connectivity index (χ3n) is 3.20. The summed E-state index contributed by atoms with van der Waals surface area (Å²) in [7, 11) is 0. The van der Waals surface area contributed by atoms with Gasteiger partial charge in [0.2, 0.25) is 5.95 Å². The van der Waals surface area contributed by atoms with Crippen molar-refractivity contribution in [1.82, 2.24) is 15.0 Å². The van der Waals surface area contributed by atoms with Crippen LogP contribution in [0, 0.1) is 0 Å². The molecule has 7 heteroatoms. The fourth-order valence-corrected chi connectivity index (χ4v) is 2.36. The second-order valence-electron chi connectivity index (χ2n) is 5.00. The minimum atomic E-state index is 0.107. The van der Waals surface area contributed by atoms with Gasteiger partial charge in [-0.05, 0) is 31.2 Å². The van der Waals surface area contributed by atoms with Gasteiger partial charge in [0, 0.05) is 24.9 Å². The van der Waals surface area contributed by atoms with Crippen molar-refractivity contribution < 1.29 is 5.11 Å². The van der Waals surface area contributed by atoms with Crippen molar-refractivity contribution in [2.45, 2.75) is 6.92 Å². The van der Waals surface area contributed by atoms with E-state index in [1.165, 1.54) is 6.07 Å². The lowest BCUT2D eigenvalue weighted by atomic mass is 10.2. The maximum atomic E-state index is 9.45. The Morgan fingerprint density at radius 3 is 2.67 bits per heavy atom. The Labute approximate surface area is 144 Å². The third kappa shape index (κ3) is 3.72. The van der Waals surface area contributed by atoms with Crippen LogP contribution in [0.5, 0.6) is 5.75 Å². The predicted molar refractivity (Wildman–Crippen MR) is 95.8 cm³/mol. The number of halogens is 1. The Morgan fingerprint density at radius 1 is 1.08 bits per heavy atom. The average molecular weight is 342 g/mol. The van der Waals surface area contributed by atoms with Crippen LogP contribution >= 0.6 is 11.6 Å². The normalized spacial score (nSPS) is 10.4. The van der Waals surface area contributed by atoms with Gasteiger partial charge in [-0.15, -0.1) is 0 Å². The van der Waals surface area contributed by atoms with Crippen LogP contribution < -0.4 is 10.6 Å². The molecule has 0 spiro atoms. The molecule has 0 bridgehead atoms. The van der Waals surface area contributed by atoms with Crippen molar-refractivity contribution in [3.8, 4) is 17.1 Å². The van der Waals surface area contributed by atoms with Gasteiger partial charge in [-0.3, -0.25) is 4.98 Å². The van der Waals surface area contributed by atoms with Crippen molar-refractivity contribution in [1.29, 1.82) is 0 Å². The minimum absolute atomic E-state index is 0.107. The molecule has 0 amide bonds. The molecule has 0 aliphatic heterocycles. The molecule has 2 heterocycles. The van der Waals surface area contributed by atoms with Crippen LogP contribution in [-0.2, 0) is 0 Å². The van der Waals surface area contributed by atoms with Crippen LogP contribution in [-0.4, -0.2) is 26.6 Å². The van der Waals surface area contributed by atoms with Gasteiger partial charge in [0.15, 0.2) is 0 Å². The van der Waals surface area contributed by atoms with Crippen molar-refractivity contribution >= 4 is 29.1 Å². The molecule has 6 nitrogen and oxygen atoms in total. The predicted octanol–water partition coefficient (Wildman–Crippen LogP) is 4.07. The van der Waals surface area contributed by atoms with Crippen LogP contribution in [0.25, 0.3) is 11.4 Å². The van der Waals surface area contributed by atoms with E-state index in [1.54, 1.807) is 24.4 Å². The number of benzene rings is 1. The molecule has 3 rings (SSSR count). The number of hydrogen-bond acceptors (Lipinski definition) is 6. The summed E-state index contributed by atoms with van der Waals surface area (Å²) in [6.07, 6.45) is 1.72.